The molecule has 0 radical (unpaired) electrons. The molecule has 1 aromatic carbocycles. The Labute approximate surface area is 168 Å². The van der Waals surface area contributed by atoms with Crippen LogP contribution in [-0.4, -0.2) is 25.7 Å². The van der Waals surface area contributed by atoms with Crippen molar-refractivity contribution in [1.82, 2.24) is 19.7 Å². The van der Waals surface area contributed by atoms with Gasteiger partial charge in [0.05, 0.1) is 24.0 Å². The fraction of sp³-hybridized carbons (Fsp3) is 0.0526. The van der Waals surface area contributed by atoms with Gasteiger partial charge in [-0.05, 0) is 11.6 Å². The third-order valence-corrected chi connectivity index (χ3v) is 5.06. The Hall–Kier alpha value is -3.10. The van der Waals surface area contributed by atoms with Crippen LogP contribution >= 0.6 is 22.9 Å². The minimum atomic E-state index is -0.419. The molecule has 9 heteroatoms. The number of nitrogens with one attached hydrogen (secondary N) is 1. The normalized spacial score (nSPS) is 10.8. The summed E-state index contributed by atoms with van der Waals surface area (Å²) >= 11 is 7.54. The first-order chi connectivity index (χ1) is 13.6. The van der Waals surface area contributed by atoms with Gasteiger partial charge in [0.15, 0.2) is 5.13 Å². The molecule has 3 heterocycles. The lowest BCUT2D eigenvalue weighted by molar-refractivity contribution is 0.102. The van der Waals surface area contributed by atoms with E-state index in [2.05, 4.69) is 20.4 Å². The van der Waals surface area contributed by atoms with Gasteiger partial charge in [-0.3, -0.25) is 15.1 Å². The molecule has 4 aromatic rings. The van der Waals surface area contributed by atoms with Crippen LogP contribution < -0.4 is 5.32 Å². The zero-order chi connectivity index (χ0) is 19.5. The molecule has 28 heavy (non-hydrogen) atoms. The van der Waals surface area contributed by atoms with Crippen LogP contribution in [0.15, 0.2) is 60.2 Å². The summed E-state index contributed by atoms with van der Waals surface area (Å²) in [6.07, 6.45) is 2.78. The molecule has 140 valence electrons. The number of carbonyl (C=O) groups is 1. The Morgan fingerprint density at radius 1 is 1.21 bits per heavy atom. The van der Waals surface area contributed by atoms with Gasteiger partial charge in [-0.15, -0.1) is 11.3 Å². The van der Waals surface area contributed by atoms with Crippen LogP contribution in [0.2, 0.25) is 5.15 Å². The van der Waals surface area contributed by atoms with Gasteiger partial charge < -0.3 is 0 Å². The Morgan fingerprint density at radius 3 is 2.82 bits per heavy atom. The maximum Gasteiger partial charge on any atom is 0.262 e. The number of hydrogen-bond acceptors (Lipinski definition) is 5. The van der Waals surface area contributed by atoms with Crippen LogP contribution in [0.5, 0.6) is 0 Å². The Kier molecular flexibility index (Phi) is 5.14. The van der Waals surface area contributed by atoms with Gasteiger partial charge in [0, 0.05) is 17.6 Å². The van der Waals surface area contributed by atoms with Crippen molar-refractivity contribution in [1.29, 1.82) is 0 Å². The molecule has 0 aliphatic heterocycles. The highest BCUT2D eigenvalue weighted by atomic mass is 35.5. The van der Waals surface area contributed by atoms with E-state index in [9.17, 15) is 9.18 Å². The number of halogens is 2. The van der Waals surface area contributed by atoms with Gasteiger partial charge in [0.25, 0.3) is 5.91 Å². The summed E-state index contributed by atoms with van der Waals surface area (Å²) in [7, 11) is 0. The fourth-order valence-electron chi connectivity index (χ4n) is 2.55. The molecule has 1 amide bonds. The second-order valence-electron chi connectivity index (χ2n) is 5.84. The van der Waals surface area contributed by atoms with Gasteiger partial charge >= 0.3 is 0 Å². The highest BCUT2D eigenvalue weighted by Gasteiger charge is 2.18. The Bertz CT molecular complexity index is 1130. The maximum absolute atomic E-state index is 13.3. The van der Waals surface area contributed by atoms with Crippen LogP contribution in [-0.2, 0) is 6.54 Å². The number of amides is 1. The summed E-state index contributed by atoms with van der Waals surface area (Å²) in [6, 6.07) is 12.2. The minimum absolute atomic E-state index is 0.241. The van der Waals surface area contributed by atoms with Crippen molar-refractivity contribution in [2.24, 2.45) is 0 Å². The molecule has 0 bridgehead atoms. The quantitative estimate of drug-likeness (QED) is 0.523. The smallest absolute Gasteiger partial charge is 0.262 e. The van der Waals surface area contributed by atoms with Crippen molar-refractivity contribution >= 4 is 34.0 Å². The summed E-state index contributed by atoms with van der Waals surface area (Å²) in [5.41, 5.74) is 2.14. The van der Waals surface area contributed by atoms with E-state index in [1.165, 1.54) is 35.9 Å². The molecule has 0 aliphatic carbocycles. The molecule has 4 rings (SSSR count). The van der Waals surface area contributed by atoms with E-state index in [-0.39, 0.29) is 10.7 Å². The average molecular weight is 414 g/mol. The number of pyridine rings is 1. The topological polar surface area (TPSA) is 72.7 Å². The SMILES string of the molecule is O=C(Nc1nc(-c2cc(F)ccn2)cs1)c1cnn(Cc2ccccc2)c1Cl. The van der Waals surface area contributed by atoms with E-state index in [0.717, 1.165) is 5.56 Å². The molecule has 0 saturated heterocycles. The number of thiazole rings is 1. The third-order valence-electron chi connectivity index (χ3n) is 3.90. The number of benzene rings is 1. The largest absolute Gasteiger partial charge is 0.298 e. The van der Waals surface area contributed by atoms with Crippen molar-refractivity contribution in [3.8, 4) is 11.4 Å². The molecular weight excluding hydrogens is 401 g/mol. The van der Waals surface area contributed by atoms with E-state index in [4.69, 9.17) is 11.6 Å². The van der Waals surface area contributed by atoms with E-state index < -0.39 is 11.7 Å². The zero-order valence-electron chi connectivity index (χ0n) is 14.3. The van der Waals surface area contributed by atoms with Crippen LogP contribution in [0.4, 0.5) is 9.52 Å². The van der Waals surface area contributed by atoms with Crippen LogP contribution in [0.3, 0.4) is 0 Å². The Morgan fingerprint density at radius 2 is 2.04 bits per heavy atom. The first-order valence-corrected chi connectivity index (χ1v) is 9.50. The number of aromatic nitrogens is 4. The lowest BCUT2D eigenvalue weighted by atomic mass is 10.2. The molecule has 0 saturated carbocycles. The van der Waals surface area contributed by atoms with Crippen molar-refractivity contribution in [2.45, 2.75) is 6.54 Å². The second-order valence-corrected chi connectivity index (χ2v) is 7.06. The highest BCUT2D eigenvalue weighted by molar-refractivity contribution is 7.14. The predicted octanol–water partition coefficient (Wildman–Crippen LogP) is 4.49. The van der Waals surface area contributed by atoms with Gasteiger partial charge in [0.2, 0.25) is 0 Å². The molecule has 0 fully saturated rings. The fourth-order valence-corrected chi connectivity index (χ4v) is 3.48. The zero-order valence-corrected chi connectivity index (χ0v) is 15.9. The molecule has 0 unspecified atom stereocenters. The number of anilines is 1. The van der Waals surface area contributed by atoms with Crippen LogP contribution in [0.25, 0.3) is 11.4 Å². The molecule has 3 aromatic heterocycles. The highest BCUT2D eigenvalue weighted by Crippen LogP contribution is 2.25. The predicted molar refractivity (Wildman–Crippen MR) is 106 cm³/mol. The summed E-state index contributed by atoms with van der Waals surface area (Å²) in [6.45, 7) is 0.458. The average Bonchev–Trinajstić information content (AvgIpc) is 3.30. The van der Waals surface area contributed by atoms with E-state index in [0.29, 0.717) is 23.1 Å². The third kappa shape index (κ3) is 3.92. The van der Waals surface area contributed by atoms with Crippen LogP contribution in [0.1, 0.15) is 15.9 Å². The molecule has 0 spiro atoms. The van der Waals surface area contributed by atoms with E-state index in [1.807, 2.05) is 30.3 Å². The Balaban J connectivity index is 1.49. The number of rotatable bonds is 5. The summed E-state index contributed by atoms with van der Waals surface area (Å²) in [5.74, 6) is -0.821. The number of nitrogens with zero attached hydrogens (tertiary/aromatic N) is 4. The van der Waals surface area contributed by atoms with Crippen molar-refractivity contribution in [3.63, 3.8) is 0 Å². The van der Waals surface area contributed by atoms with Gasteiger partial charge in [-0.1, -0.05) is 41.9 Å². The van der Waals surface area contributed by atoms with Gasteiger partial charge in [0.1, 0.15) is 16.7 Å². The lowest BCUT2D eigenvalue weighted by Crippen LogP contribution is -2.12. The summed E-state index contributed by atoms with van der Waals surface area (Å²) in [4.78, 5) is 20.9. The minimum Gasteiger partial charge on any atom is -0.298 e. The van der Waals surface area contributed by atoms with Gasteiger partial charge in [-0.2, -0.15) is 5.10 Å². The first-order valence-electron chi connectivity index (χ1n) is 8.24. The molecule has 0 atom stereocenters. The van der Waals surface area contributed by atoms with Crippen molar-refractivity contribution < 1.29 is 9.18 Å². The lowest BCUT2D eigenvalue weighted by Gasteiger charge is -2.04. The monoisotopic (exact) mass is 413 g/mol. The first kappa shape index (κ1) is 18.3. The summed E-state index contributed by atoms with van der Waals surface area (Å²) in [5, 5.41) is 9.17. The number of carbonyl (C=O) groups excluding carboxylic acids is 1. The molecule has 6 nitrogen and oxygen atoms in total. The van der Waals surface area contributed by atoms with E-state index in [1.54, 1.807) is 10.1 Å². The van der Waals surface area contributed by atoms with Gasteiger partial charge in [-0.25, -0.2) is 14.1 Å². The maximum atomic E-state index is 13.3. The van der Waals surface area contributed by atoms with Crippen molar-refractivity contribution in [2.75, 3.05) is 5.32 Å². The molecule has 0 aliphatic rings. The summed E-state index contributed by atoms with van der Waals surface area (Å²) < 4.78 is 14.9. The molecule has 1 N–H and O–H groups in total. The molecular formula is C19H13ClFN5OS. The number of hydrogen-bond donors (Lipinski definition) is 1. The van der Waals surface area contributed by atoms with Crippen LogP contribution in [0, 0.1) is 5.82 Å². The van der Waals surface area contributed by atoms with Crippen molar-refractivity contribution in [3.05, 3.63) is 82.3 Å². The standard InChI is InChI=1S/C19H13ClFN5OS/c20-17-14(9-23-26(17)10-12-4-2-1-3-5-12)18(27)25-19-24-16(11-28-19)15-8-13(21)6-7-22-15/h1-9,11H,10H2,(H,24,25,27). The van der Waals surface area contributed by atoms with E-state index >= 15 is 0 Å². The second kappa shape index (κ2) is 7.87.